The first kappa shape index (κ1) is 23.9. The molecule has 0 atom stereocenters. The van der Waals surface area contributed by atoms with Gasteiger partial charge in [-0.05, 0) is 55.3 Å². The van der Waals surface area contributed by atoms with Gasteiger partial charge >= 0.3 is 6.18 Å². The number of ether oxygens (including phenoxy) is 1. The third-order valence-corrected chi connectivity index (χ3v) is 4.82. The van der Waals surface area contributed by atoms with E-state index in [0.717, 1.165) is 0 Å². The van der Waals surface area contributed by atoms with E-state index < -0.39 is 18.2 Å². The molecule has 0 amide bonds. The monoisotopic (exact) mass is 463 g/mol. The van der Waals surface area contributed by atoms with Gasteiger partial charge < -0.3 is 21.0 Å². The van der Waals surface area contributed by atoms with Crippen LogP contribution in [0.15, 0.2) is 52.5 Å². The van der Waals surface area contributed by atoms with Crippen LogP contribution in [0.3, 0.4) is 0 Å². The quantitative estimate of drug-likeness (QED) is 0.133. The highest BCUT2D eigenvalue weighted by molar-refractivity contribution is 6.03. The molecule has 0 bridgehead atoms. The molecule has 12 heteroatoms. The Morgan fingerprint density at radius 1 is 1.27 bits per heavy atom. The highest BCUT2D eigenvalue weighted by Crippen LogP contribution is 2.27. The molecular formula is C21H24F3N7O2. The summed E-state index contributed by atoms with van der Waals surface area (Å²) in [7, 11) is 0. The minimum absolute atomic E-state index is 0.00791. The molecule has 0 saturated carbocycles. The smallest absolute Gasteiger partial charge is 0.389 e. The summed E-state index contributed by atoms with van der Waals surface area (Å²) in [6, 6.07) is 10.1. The van der Waals surface area contributed by atoms with Gasteiger partial charge in [0.25, 0.3) is 5.56 Å². The number of aromatic amines is 1. The standard InChI is InChI=1S/C21H24F3N7O2/c1-2-31-10-8-16(30-31)15-12-17(27-20(32)18(15)19(28-25)29-26)13-4-6-14(7-5-13)33-11-3-9-21(22,23)24/h4-8,10,12H,2-3,9,11,25-26H2,1H3,(H,27,32)(H,28,29). The molecular weight excluding hydrogens is 439 g/mol. The van der Waals surface area contributed by atoms with Crippen molar-refractivity contribution < 1.29 is 17.9 Å². The zero-order chi connectivity index (χ0) is 24.0. The molecule has 9 nitrogen and oxygen atoms in total. The molecule has 2 aromatic heterocycles. The topological polar surface area (TPSA) is 136 Å². The summed E-state index contributed by atoms with van der Waals surface area (Å²) in [5, 5.41) is 8.01. The summed E-state index contributed by atoms with van der Waals surface area (Å²) < 4.78 is 43.8. The number of hydrazine groups is 1. The molecule has 1 aromatic carbocycles. The number of alkyl halides is 3. The van der Waals surface area contributed by atoms with Crippen molar-refractivity contribution >= 4 is 5.84 Å². The number of hydrogen-bond donors (Lipinski definition) is 4. The molecule has 0 spiro atoms. The van der Waals surface area contributed by atoms with Crippen molar-refractivity contribution in [3.63, 3.8) is 0 Å². The molecule has 176 valence electrons. The van der Waals surface area contributed by atoms with E-state index in [1.165, 1.54) is 0 Å². The highest BCUT2D eigenvalue weighted by Gasteiger charge is 2.26. The molecule has 2 heterocycles. The van der Waals surface area contributed by atoms with Crippen LogP contribution in [-0.4, -0.2) is 33.4 Å². The van der Waals surface area contributed by atoms with Crippen molar-refractivity contribution in [3.8, 4) is 28.3 Å². The Morgan fingerprint density at radius 3 is 2.58 bits per heavy atom. The minimum Gasteiger partial charge on any atom is -0.494 e. The Bertz CT molecular complexity index is 1170. The molecule has 6 N–H and O–H groups in total. The number of rotatable bonds is 8. The van der Waals surface area contributed by atoms with Gasteiger partial charge in [0.05, 0.1) is 17.9 Å². The molecule has 0 unspecified atom stereocenters. The van der Waals surface area contributed by atoms with Gasteiger partial charge in [0.2, 0.25) is 0 Å². The predicted octanol–water partition coefficient (Wildman–Crippen LogP) is 2.73. The predicted molar refractivity (Wildman–Crippen MR) is 118 cm³/mol. The second-order valence-electron chi connectivity index (χ2n) is 7.07. The molecule has 0 radical (unpaired) electrons. The zero-order valence-electron chi connectivity index (χ0n) is 17.8. The molecule has 33 heavy (non-hydrogen) atoms. The van der Waals surface area contributed by atoms with E-state index in [-0.39, 0.29) is 24.4 Å². The van der Waals surface area contributed by atoms with Gasteiger partial charge in [-0.15, -0.1) is 0 Å². The Morgan fingerprint density at radius 2 is 2.00 bits per heavy atom. The molecule has 3 rings (SSSR count). The van der Waals surface area contributed by atoms with Crippen molar-refractivity contribution in [2.75, 3.05) is 6.61 Å². The highest BCUT2D eigenvalue weighted by atomic mass is 19.4. The number of nitrogens with two attached hydrogens (primary N) is 2. The van der Waals surface area contributed by atoms with Crippen LogP contribution in [0.1, 0.15) is 25.3 Å². The summed E-state index contributed by atoms with van der Waals surface area (Å²) in [5.74, 6) is 11.3. The van der Waals surface area contributed by atoms with Crippen LogP contribution >= 0.6 is 0 Å². The summed E-state index contributed by atoms with van der Waals surface area (Å²) in [4.78, 5) is 15.7. The molecule has 0 fully saturated rings. The number of aryl methyl sites for hydroxylation is 1. The third kappa shape index (κ3) is 5.92. The van der Waals surface area contributed by atoms with E-state index in [4.69, 9.17) is 16.4 Å². The van der Waals surface area contributed by atoms with E-state index in [9.17, 15) is 18.0 Å². The van der Waals surface area contributed by atoms with Crippen molar-refractivity contribution in [1.82, 2.24) is 20.2 Å². The lowest BCUT2D eigenvalue weighted by atomic mass is 10.0. The number of nitrogens with one attached hydrogen (secondary N) is 2. The van der Waals surface area contributed by atoms with Crippen molar-refractivity contribution in [1.29, 1.82) is 0 Å². The van der Waals surface area contributed by atoms with Crippen LogP contribution in [0.4, 0.5) is 13.2 Å². The average molecular weight is 463 g/mol. The van der Waals surface area contributed by atoms with Crippen LogP contribution in [0.25, 0.3) is 22.5 Å². The zero-order valence-corrected chi connectivity index (χ0v) is 17.8. The van der Waals surface area contributed by atoms with E-state index >= 15 is 0 Å². The van der Waals surface area contributed by atoms with Gasteiger partial charge in [-0.1, -0.05) is 0 Å². The number of benzene rings is 1. The fourth-order valence-electron chi connectivity index (χ4n) is 3.20. The number of aromatic nitrogens is 3. The number of halogens is 3. The van der Waals surface area contributed by atoms with Gasteiger partial charge in [-0.3, -0.25) is 9.48 Å². The number of hydrogen-bond acceptors (Lipinski definition) is 6. The molecule has 0 aliphatic rings. The molecule has 0 saturated heterocycles. The van der Waals surface area contributed by atoms with Gasteiger partial charge in [0, 0.05) is 30.4 Å². The molecule has 3 aromatic rings. The van der Waals surface area contributed by atoms with Gasteiger partial charge in [-0.2, -0.15) is 23.4 Å². The van der Waals surface area contributed by atoms with Crippen LogP contribution < -0.4 is 27.4 Å². The largest absolute Gasteiger partial charge is 0.494 e. The summed E-state index contributed by atoms with van der Waals surface area (Å²) in [5.41, 5.74) is 4.12. The Hall–Kier alpha value is -3.80. The number of nitrogens with zero attached hydrogens (tertiary/aromatic N) is 3. The lowest BCUT2D eigenvalue weighted by molar-refractivity contribution is -0.136. The average Bonchev–Trinajstić information content (AvgIpc) is 3.27. The first-order chi connectivity index (χ1) is 15.8. The van der Waals surface area contributed by atoms with Gasteiger partial charge in [0.15, 0.2) is 5.84 Å². The van der Waals surface area contributed by atoms with E-state index in [2.05, 4.69) is 20.6 Å². The Labute approximate surface area is 187 Å². The Balaban J connectivity index is 1.91. The SMILES string of the molecule is CCn1ccc(-c2cc(-c3ccc(OCCCC(F)(F)F)cc3)[nH]c(=O)c2/C(=N/N)NN)n1. The van der Waals surface area contributed by atoms with E-state index in [1.54, 1.807) is 47.3 Å². The maximum atomic E-state index is 12.9. The normalized spacial score (nSPS) is 12.1. The van der Waals surface area contributed by atoms with Crippen LogP contribution in [0.5, 0.6) is 5.75 Å². The molecule has 0 aliphatic carbocycles. The Kier molecular flexibility index (Phi) is 7.38. The van der Waals surface area contributed by atoms with Gasteiger partial charge in [0.1, 0.15) is 5.75 Å². The second kappa shape index (κ2) is 10.2. The first-order valence-electron chi connectivity index (χ1n) is 10.1. The fourth-order valence-corrected chi connectivity index (χ4v) is 3.20. The van der Waals surface area contributed by atoms with E-state index in [0.29, 0.717) is 34.8 Å². The lowest BCUT2D eigenvalue weighted by Crippen LogP contribution is -2.37. The third-order valence-electron chi connectivity index (χ3n) is 4.82. The lowest BCUT2D eigenvalue weighted by Gasteiger charge is -2.12. The minimum atomic E-state index is -4.20. The number of pyridine rings is 1. The van der Waals surface area contributed by atoms with Crippen LogP contribution in [-0.2, 0) is 6.54 Å². The van der Waals surface area contributed by atoms with Gasteiger partial charge in [-0.25, -0.2) is 5.84 Å². The fraction of sp³-hybridized carbons (Fsp3) is 0.286. The van der Waals surface area contributed by atoms with Crippen LogP contribution in [0.2, 0.25) is 0 Å². The second-order valence-corrected chi connectivity index (χ2v) is 7.07. The summed E-state index contributed by atoms with van der Waals surface area (Å²) in [6.45, 7) is 2.52. The number of hydrazone groups is 1. The summed E-state index contributed by atoms with van der Waals surface area (Å²) >= 11 is 0. The van der Waals surface area contributed by atoms with Crippen molar-refractivity contribution in [2.24, 2.45) is 16.8 Å². The maximum absolute atomic E-state index is 12.9. The summed E-state index contributed by atoms with van der Waals surface area (Å²) in [6.07, 6.45) is -3.46. The van der Waals surface area contributed by atoms with E-state index in [1.807, 2.05) is 6.92 Å². The van der Waals surface area contributed by atoms with Crippen molar-refractivity contribution in [2.45, 2.75) is 32.5 Å². The van der Waals surface area contributed by atoms with Crippen LogP contribution in [0, 0.1) is 0 Å². The number of H-pyrrole nitrogens is 1. The maximum Gasteiger partial charge on any atom is 0.389 e. The number of amidine groups is 1. The molecule has 0 aliphatic heterocycles. The van der Waals surface area contributed by atoms with Crippen molar-refractivity contribution in [3.05, 3.63) is 58.5 Å². The first-order valence-corrected chi connectivity index (χ1v) is 10.1.